The highest BCUT2D eigenvalue weighted by Gasteiger charge is 2.22. The number of benzene rings is 18. The second kappa shape index (κ2) is 21.7. The summed E-state index contributed by atoms with van der Waals surface area (Å²) in [7, 11) is 0. The zero-order valence-corrected chi connectivity index (χ0v) is 46.8. The number of furan rings is 2. The highest BCUT2D eigenvalue weighted by molar-refractivity contribution is 6.25. The first-order chi connectivity index (χ1) is 70.0. The second-order valence-electron chi connectivity index (χ2n) is 20.5. The summed E-state index contributed by atoms with van der Waals surface area (Å²) in [6.07, 6.45) is 0. The second-order valence-corrected chi connectivity index (χ2v) is 20.5. The molecule has 0 aliphatic rings. The van der Waals surface area contributed by atoms with Gasteiger partial charge in [0.05, 0.1) is 76.8 Å². The van der Waals surface area contributed by atoms with Crippen molar-refractivity contribution in [1.29, 1.82) is 0 Å². The molecule has 436 valence electrons. The van der Waals surface area contributed by atoms with Crippen molar-refractivity contribution >= 4 is 130 Å². The van der Waals surface area contributed by atoms with E-state index in [9.17, 15) is 31.5 Å². The predicted octanol–water partition coefficient (Wildman–Crippen LogP) is 26.4. The molecule has 2 nitrogen and oxygen atoms in total. The Labute approximate surface area is 620 Å². The largest absolute Gasteiger partial charge is 0.456 e. The minimum absolute atomic E-state index is 0.454. The highest BCUT2D eigenvalue weighted by atomic mass is 16.3. The maximum absolute atomic E-state index is 9.68. The minimum Gasteiger partial charge on any atom is -0.456 e. The van der Waals surface area contributed by atoms with E-state index in [0.717, 1.165) is 0 Å². The quantitative estimate of drug-likeness (QED) is 0.155. The van der Waals surface area contributed by atoms with Crippen molar-refractivity contribution < 1.29 is 85.6 Å². The maximum Gasteiger partial charge on any atom is 0.136 e. The Morgan fingerprint density at radius 1 is 0.170 bits per heavy atom. The van der Waals surface area contributed by atoms with Crippen LogP contribution in [0.5, 0.6) is 0 Å². The fraction of sp³-hybridized carbons (Fsp3) is 0. The monoisotopic (exact) mass is 1250 g/mol. The topological polar surface area (TPSA) is 26.3 Å². The molecule has 2 heterocycles. The third kappa shape index (κ3) is 8.65. The standard InChI is InChI=1S/2C46H28O/c1-2-13-33-28-43-41(27-32(33)12-1)46-35(20-10-22-42(46)47-43)30-23-25-31(26-24-30)44-37-16-5-7-18-39(37)45(40-19-8-6-17-38(40)44)36-21-9-14-29-11-3-4-15-34(29)36;1-2-11-32-26-35(25-20-29(32)10-1)45-39-16-7-5-14-37(39)44(38-15-6-8-17-40(38)45)31-23-21-30(22-24-31)36-18-9-19-42-46(36)41-27-33-12-3-4-13-34(33)28-43(41)47-42/h2*1-28H/i2*1D,2D,3D,4D,5D,6D,7D,8D,9D,10D,11D,12D,13D,14D,15D,16D,17D,18D,19D,20D,21D,22D,23D,24D,25D,26D,27D,28D. The molecule has 0 saturated heterocycles. The van der Waals surface area contributed by atoms with Crippen LogP contribution in [0.1, 0.15) is 76.8 Å². The average Bonchev–Trinajstić information content (AvgIpc) is 1.01. The van der Waals surface area contributed by atoms with Gasteiger partial charge in [0.2, 0.25) is 0 Å². The molecule has 94 heavy (non-hydrogen) atoms. The number of hydrogen-bond acceptors (Lipinski definition) is 2. The Kier molecular flexibility index (Phi) is 5.05. The Morgan fingerprint density at radius 3 is 0.904 bits per heavy atom. The van der Waals surface area contributed by atoms with Gasteiger partial charge in [0, 0.05) is 21.5 Å². The van der Waals surface area contributed by atoms with Gasteiger partial charge in [-0.3, -0.25) is 0 Å². The molecule has 20 rings (SSSR count). The lowest BCUT2D eigenvalue weighted by Crippen LogP contribution is -1.91. The molecule has 0 atom stereocenters. The molecule has 0 unspecified atom stereocenters. The SMILES string of the molecule is [2H]c1c([2H])c(-c2c([2H])c([2H])c([2H])c3oc4c([2H])c5c([2H])c([2H])c([2H])c([2H])c5c([2H])c4c23)c([2H])c([2H])c1-c1c2c([2H])c([2H])c([2H])c([2H])c2c(-c2c([2H])c([2H])c([2H])c3c([2H])c([2H])c([2H])c([2H])c23)c2c([2H])c([2H])c([2H])c([2H])c12.[2H]c1c([2H])c(-c2c([2H])c([2H])c([2H])c3oc4c([2H])c5c([2H])c([2H])c([2H])c([2H])c5c([2H])c4c23)c([2H])c([2H])c1-c1c2c([2H])c([2H])c([2H])c([2H])c2c(-c2c([2H])c([2H])c3c([2H])c([2H])c([2H])c([2H])c3c2[2H])c2c([2H])c([2H])c([2H])c([2H])c12. The average molecular weight is 1250 g/mol. The first-order valence-corrected chi connectivity index (χ1v) is 27.8. The van der Waals surface area contributed by atoms with Crippen molar-refractivity contribution in [3.05, 3.63) is 338 Å². The fourth-order valence-corrected chi connectivity index (χ4v) is 11.5. The van der Waals surface area contributed by atoms with Crippen LogP contribution in [0, 0.1) is 0 Å². The lowest BCUT2D eigenvalue weighted by atomic mass is 9.84. The van der Waals surface area contributed by atoms with Crippen LogP contribution < -0.4 is 0 Å². The minimum atomic E-state index is -1.11. The molecule has 0 aliphatic heterocycles. The van der Waals surface area contributed by atoms with E-state index in [1.54, 1.807) is 0 Å². The molecule has 0 bridgehead atoms. The van der Waals surface area contributed by atoms with Crippen LogP contribution in [0.15, 0.2) is 347 Å². The van der Waals surface area contributed by atoms with Crippen LogP contribution in [0.2, 0.25) is 0 Å². The Bertz CT molecular complexity index is 9770. The molecule has 20 aromatic rings. The Hall–Kier alpha value is -12.4. The van der Waals surface area contributed by atoms with Gasteiger partial charge in [-0.15, -0.1) is 0 Å². The summed E-state index contributed by atoms with van der Waals surface area (Å²) in [5, 5.41) is -12.3. The van der Waals surface area contributed by atoms with Gasteiger partial charge in [-0.05, 0) is 195 Å². The van der Waals surface area contributed by atoms with Crippen molar-refractivity contribution in [1.82, 2.24) is 0 Å². The van der Waals surface area contributed by atoms with Crippen molar-refractivity contribution in [2.45, 2.75) is 0 Å². The molecule has 0 amide bonds. The lowest BCUT2D eigenvalue weighted by Gasteiger charge is -2.19. The Morgan fingerprint density at radius 2 is 0.468 bits per heavy atom. The molecule has 18 aromatic carbocycles. The summed E-state index contributed by atoms with van der Waals surface area (Å²) in [6, 6.07) is -51.3. The number of fused-ring (bicyclic) bond motifs is 14. The highest BCUT2D eigenvalue weighted by Crippen LogP contribution is 2.49. The molecule has 2 heteroatoms. The molecule has 0 N–H and O–H groups in total. The van der Waals surface area contributed by atoms with Gasteiger partial charge in [0.1, 0.15) is 22.3 Å². The third-order valence-electron chi connectivity index (χ3n) is 15.5. The molecule has 0 fully saturated rings. The van der Waals surface area contributed by atoms with E-state index in [0.29, 0.717) is 0 Å². The number of rotatable bonds is 6. The van der Waals surface area contributed by atoms with Crippen molar-refractivity contribution in [3.63, 3.8) is 0 Å². The van der Waals surface area contributed by atoms with Gasteiger partial charge >= 0.3 is 0 Å². The molecule has 0 aliphatic carbocycles. The lowest BCUT2D eigenvalue weighted by molar-refractivity contribution is 0.669. The zero-order valence-electron chi connectivity index (χ0n) is 103. The van der Waals surface area contributed by atoms with E-state index in [1.165, 1.54) is 0 Å². The fourth-order valence-electron chi connectivity index (χ4n) is 11.5. The summed E-state index contributed by atoms with van der Waals surface area (Å²) in [5.41, 5.74) is -11.5. The van der Waals surface area contributed by atoms with E-state index in [2.05, 4.69) is 0 Å². The van der Waals surface area contributed by atoms with Gasteiger partial charge in [0.15, 0.2) is 0 Å². The predicted molar refractivity (Wildman–Crippen MR) is 400 cm³/mol. The smallest absolute Gasteiger partial charge is 0.136 e. The van der Waals surface area contributed by atoms with Crippen molar-refractivity contribution in [3.8, 4) is 66.8 Å². The maximum atomic E-state index is 9.68. The van der Waals surface area contributed by atoms with E-state index >= 15 is 0 Å². The summed E-state index contributed by atoms with van der Waals surface area (Å²) in [4.78, 5) is 0. The molecular formula is C92H56O2. The van der Waals surface area contributed by atoms with Crippen molar-refractivity contribution in [2.24, 2.45) is 0 Å². The third-order valence-corrected chi connectivity index (χ3v) is 15.5. The van der Waals surface area contributed by atoms with Crippen LogP contribution >= 0.6 is 0 Å². The van der Waals surface area contributed by atoms with E-state index in [-0.39, 0.29) is 0 Å². The van der Waals surface area contributed by atoms with Crippen LogP contribution in [-0.4, -0.2) is 0 Å². The van der Waals surface area contributed by atoms with Crippen molar-refractivity contribution in [2.75, 3.05) is 0 Å². The molecule has 2 aromatic heterocycles. The summed E-state index contributed by atoms with van der Waals surface area (Å²) < 4.78 is 515. The van der Waals surface area contributed by atoms with Crippen LogP contribution in [0.3, 0.4) is 0 Å². The van der Waals surface area contributed by atoms with E-state index in [4.69, 9.17) is 54.1 Å². The van der Waals surface area contributed by atoms with Gasteiger partial charge in [-0.2, -0.15) is 0 Å². The molecular weight excluding hydrogens is 1140 g/mol. The van der Waals surface area contributed by atoms with Gasteiger partial charge < -0.3 is 8.83 Å². The normalized spacial score (nSPS) is 20.2. The summed E-state index contributed by atoms with van der Waals surface area (Å²) >= 11 is 0. The zero-order chi connectivity index (χ0) is 111. The Balaban J connectivity index is 0.000000188. The summed E-state index contributed by atoms with van der Waals surface area (Å²) in [5.74, 6) is 0. The number of hydrogen-bond donors (Lipinski definition) is 0. The van der Waals surface area contributed by atoms with E-state index in [1.807, 2.05) is 0 Å². The molecule has 0 spiro atoms. The first-order valence-electron chi connectivity index (χ1n) is 55.8. The van der Waals surface area contributed by atoms with Crippen LogP contribution in [0.25, 0.3) is 197 Å². The molecule has 0 saturated carbocycles. The molecule has 0 radical (unpaired) electrons. The first kappa shape index (κ1) is 21.9. The van der Waals surface area contributed by atoms with E-state index < -0.39 is 535 Å². The van der Waals surface area contributed by atoms with Crippen LogP contribution in [-0.2, 0) is 0 Å². The van der Waals surface area contributed by atoms with Crippen LogP contribution in [0.4, 0.5) is 0 Å². The summed E-state index contributed by atoms with van der Waals surface area (Å²) in [6.45, 7) is 0. The van der Waals surface area contributed by atoms with Gasteiger partial charge in [-0.1, -0.05) is 296 Å². The van der Waals surface area contributed by atoms with Gasteiger partial charge in [0.25, 0.3) is 0 Å². The van der Waals surface area contributed by atoms with Gasteiger partial charge in [-0.25, -0.2) is 0 Å².